The van der Waals surface area contributed by atoms with E-state index in [-0.39, 0.29) is 16.9 Å². The molecule has 32 heavy (non-hydrogen) atoms. The smallest absolute Gasteiger partial charge is 0.295 e. The Kier molecular flexibility index (Phi) is 7.02. The number of methoxy groups -OCH3 is 2. The minimum absolute atomic E-state index is 0.00935. The van der Waals surface area contributed by atoms with Gasteiger partial charge in [0.1, 0.15) is 17.3 Å². The van der Waals surface area contributed by atoms with Crippen LogP contribution in [-0.4, -0.2) is 49.1 Å². The molecule has 1 aliphatic rings. The Balaban J connectivity index is 2.24. The summed E-state index contributed by atoms with van der Waals surface area (Å²) in [6.07, 6.45) is 0.598. The van der Waals surface area contributed by atoms with E-state index < -0.39 is 29.3 Å². The van der Waals surface area contributed by atoms with Gasteiger partial charge in [-0.15, -0.1) is 0 Å². The van der Waals surface area contributed by atoms with E-state index in [1.54, 1.807) is 18.2 Å². The number of hydrogen-bond acceptors (Lipinski definition) is 6. The molecular formula is C24H26FNO6. The molecule has 0 spiro atoms. The van der Waals surface area contributed by atoms with Gasteiger partial charge in [-0.2, -0.15) is 0 Å². The van der Waals surface area contributed by atoms with Crippen LogP contribution < -0.4 is 14.2 Å². The predicted octanol–water partition coefficient (Wildman–Crippen LogP) is 4.07. The molecule has 8 heteroatoms. The zero-order chi connectivity index (χ0) is 23.4. The summed E-state index contributed by atoms with van der Waals surface area (Å²) in [5.74, 6) is -1.59. The standard InChI is InChI=1S/C24H26FNO6/c1-5-11-26-21(14-7-9-18(32-6-2)19(12-14)31-4)20(23(28)24(26)29)22(27)16-13-15(25)8-10-17(16)30-3/h7-10,12-13,21,27H,5-6,11H2,1-4H3/b22-20+. The SMILES string of the molecule is CCCN1C(=O)C(=O)/C(=C(/O)c2cc(F)ccc2OC)C1c1ccc(OCC)c(OC)c1. The number of aliphatic hydroxyl groups excluding tert-OH is 1. The lowest BCUT2D eigenvalue weighted by molar-refractivity contribution is -0.139. The number of likely N-dealkylation sites (tertiary alicyclic amines) is 1. The Morgan fingerprint density at radius 3 is 2.34 bits per heavy atom. The van der Waals surface area contributed by atoms with E-state index >= 15 is 0 Å². The molecule has 1 N–H and O–H groups in total. The summed E-state index contributed by atoms with van der Waals surface area (Å²) in [5, 5.41) is 11.1. The van der Waals surface area contributed by atoms with Crippen LogP contribution in [0.2, 0.25) is 0 Å². The summed E-state index contributed by atoms with van der Waals surface area (Å²) in [7, 11) is 2.86. The molecule has 1 amide bonds. The summed E-state index contributed by atoms with van der Waals surface area (Å²) in [6, 6.07) is 7.78. The number of ether oxygens (including phenoxy) is 3. The van der Waals surface area contributed by atoms with Crippen LogP contribution in [0.15, 0.2) is 42.0 Å². The van der Waals surface area contributed by atoms with Gasteiger partial charge in [0.25, 0.3) is 11.7 Å². The van der Waals surface area contributed by atoms with Crippen LogP contribution in [-0.2, 0) is 9.59 Å². The topological polar surface area (TPSA) is 85.3 Å². The molecule has 3 rings (SSSR count). The van der Waals surface area contributed by atoms with Crippen LogP contribution >= 0.6 is 0 Å². The fraction of sp³-hybridized carbons (Fsp3) is 0.333. The number of amides is 1. The van der Waals surface area contributed by atoms with Gasteiger partial charge >= 0.3 is 0 Å². The van der Waals surface area contributed by atoms with E-state index in [1.165, 1.54) is 31.3 Å². The summed E-state index contributed by atoms with van der Waals surface area (Å²) < 4.78 is 30.2. The number of hydrogen-bond donors (Lipinski definition) is 1. The van der Waals surface area contributed by atoms with E-state index in [9.17, 15) is 19.1 Å². The van der Waals surface area contributed by atoms with Crippen LogP contribution in [0.5, 0.6) is 17.2 Å². The minimum Gasteiger partial charge on any atom is -0.507 e. The van der Waals surface area contributed by atoms with Gasteiger partial charge in [0.2, 0.25) is 0 Å². The summed E-state index contributed by atoms with van der Waals surface area (Å²) in [6.45, 7) is 4.45. The Bertz CT molecular complexity index is 1060. The average Bonchev–Trinajstić information content (AvgIpc) is 3.04. The first-order valence-electron chi connectivity index (χ1n) is 10.3. The van der Waals surface area contributed by atoms with Crippen molar-refractivity contribution in [1.82, 2.24) is 4.90 Å². The molecule has 2 aromatic rings. The highest BCUT2D eigenvalue weighted by atomic mass is 19.1. The number of ketones is 1. The molecule has 0 radical (unpaired) electrons. The number of halogens is 1. The second-order valence-corrected chi connectivity index (χ2v) is 7.18. The third kappa shape index (κ3) is 4.12. The second kappa shape index (κ2) is 9.72. The molecule has 0 aromatic heterocycles. The molecular weight excluding hydrogens is 417 g/mol. The first-order chi connectivity index (χ1) is 15.4. The van der Waals surface area contributed by atoms with E-state index in [1.807, 2.05) is 13.8 Å². The maximum atomic E-state index is 14.0. The van der Waals surface area contributed by atoms with Crippen LogP contribution in [0.1, 0.15) is 37.4 Å². The normalized spacial score (nSPS) is 17.5. The van der Waals surface area contributed by atoms with E-state index in [0.717, 1.165) is 6.07 Å². The van der Waals surface area contributed by atoms with Gasteiger partial charge in [0, 0.05) is 6.54 Å². The second-order valence-electron chi connectivity index (χ2n) is 7.18. The molecule has 1 atom stereocenters. The molecule has 1 aliphatic heterocycles. The number of carbonyl (C=O) groups is 2. The van der Waals surface area contributed by atoms with Crippen molar-refractivity contribution in [3.05, 3.63) is 58.9 Å². The van der Waals surface area contributed by atoms with Crippen LogP contribution in [0.3, 0.4) is 0 Å². The maximum Gasteiger partial charge on any atom is 0.295 e. The Morgan fingerprint density at radius 2 is 1.72 bits per heavy atom. The van der Waals surface area contributed by atoms with Crippen molar-refractivity contribution in [2.75, 3.05) is 27.4 Å². The average molecular weight is 443 g/mol. The Morgan fingerprint density at radius 1 is 1.03 bits per heavy atom. The molecule has 7 nitrogen and oxygen atoms in total. The van der Waals surface area contributed by atoms with Crippen LogP contribution in [0.25, 0.3) is 5.76 Å². The van der Waals surface area contributed by atoms with Crippen molar-refractivity contribution >= 4 is 17.4 Å². The molecule has 0 saturated carbocycles. The van der Waals surface area contributed by atoms with Crippen molar-refractivity contribution in [1.29, 1.82) is 0 Å². The molecule has 170 valence electrons. The number of benzene rings is 2. The van der Waals surface area contributed by atoms with Gasteiger partial charge in [-0.1, -0.05) is 13.0 Å². The lowest BCUT2D eigenvalue weighted by atomic mass is 9.94. The molecule has 0 bridgehead atoms. The zero-order valence-corrected chi connectivity index (χ0v) is 18.5. The van der Waals surface area contributed by atoms with Crippen molar-refractivity contribution in [2.24, 2.45) is 0 Å². The molecule has 1 fully saturated rings. The van der Waals surface area contributed by atoms with Gasteiger partial charge in [0.05, 0.1) is 38.0 Å². The highest BCUT2D eigenvalue weighted by Gasteiger charge is 2.46. The number of nitrogens with zero attached hydrogens (tertiary/aromatic N) is 1. The van der Waals surface area contributed by atoms with E-state index in [2.05, 4.69) is 0 Å². The lowest BCUT2D eigenvalue weighted by Crippen LogP contribution is -2.30. The van der Waals surface area contributed by atoms with Gasteiger partial charge < -0.3 is 24.2 Å². The molecule has 2 aromatic carbocycles. The Labute approximate surface area is 186 Å². The van der Waals surface area contributed by atoms with Gasteiger partial charge in [-0.25, -0.2) is 4.39 Å². The Hall–Kier alpha value is -3.55. The highest BCUT2D eigenvalue weighted by molar-refractivity contribution is 6.46. The van der Waals surface area contributed by atoms with Crippen molar-refractivity contribution < 1.29 is 33.3 Å². The third-order valence-corrected chi connectivity index (χ3v) is 5.22. The van der Waals surface area contributed by atoms with Gasteiger partial charge in [0.15, 0.2) is 11.5 Å². The zero-order valence-electron chi connectivity index (χ0n) is 18.5. The number of carbonyl (C=O) groups excluding carboxylic acids is 2. The van der Waals surface area contributed by atoms with Crippen molar-refractivity contribution in [3.63, 3.8) is 0 Å². The fourth-order valence-corrected chi connectivity index (χ4v) is 3.84. The van der Waals surface area contributed by atoms with Crippen molar-refractivity contribution in [2.45, 2.75) is 26.3 Å². The lowest BCUT2D eigenvalue weighted by Gasteiger charge is -2.25. The summed E-state index contributed by atoms with van der Waals surface area (Å²) in [4.78, 5) is 27.2. The number of aliphatic hydroxyl groups is 1. The van der Waals surface area contributed by atoms with Gasteiger partial charge in [-0.3, -0.25) is 9.59 Å². The minimum atomic E-state index is -0.882. The number of Topliss-reactive ketones (excluding diaryl/α,β-unsaturated/α-hetero) is 1. The summed E-state index contributed by atoms with van der Waals surface area (Å²) >= 11 is 0. The monoisotopic (exact) mass is 443 g/mol. The maximum absolute atomic E-state index is 14.0. The quantitative estimate of drug-likeness (QED) is 0.376. The number of rotatable bonds is 8. The van der Waals surface area contributed by atoms with Crippen molar-refractivity contribution in [3.8, 4) is 17.2 Å². The molecule has 1 heterocycles. The first-order valence-corrected chi connectivity index (χ1v) is 10.3. The first kappa shape index (κ1) is 23.1. The third-order valence-electron chi connectivity index (χ3n) is 5.22. The molecule has 1 unspecified atom stereocenters. The predicted molar refractivity (Wildman–Crippen MR) is 116 cm³/mol. The molecule has 1 saturated heterocycles. The van der Waals surface area contributed by atoms with E-state index in [0.29, 0.717) is 36.6 Å². The van der Waals surface area contributed by atoms with Crippen LogP contribution in [0, 0.1) is 5.82 Å². The highest BCUT2D eigenvalue weighted by Crippen LogP contribution is 2.43. The summed E-state index contributed by atoms with van der Waals surface area (Å²) in [5.41, 5.74) is 0.401. The van der Waals surface area contributed by atoms with Gasteiger partial charge in [-0.05, 0) is 49.2 Å². The largest absolute Gasteiger partial charge is 0.507 e. The molecule has 0 aliphatic carbocycles. The van der Waals surface area contributed by atoms with Crippen LogP contribution in [0.4, 0.5) is 4.39 Å². The van der Waals surface area contributed by atoms with E-state index in [4.69, 9.17) is 14.2 Å². The fourth-order valence-electron chi connectivity index (χ4n) is 3.84.